The zero-order chi connectivity index (χ0) is 19.1. The molecule has 1 amide bonds. The van der Waals surface area contributed by atoms with Crippen molar-refractivity contribution in [1.82, 2.24) is 4.98 Å². The van der Waals surface area contributed by atoms with Crippen molar-refractivity contribution >= 4 is 28.9 Å². The molecule has 134 valence electrons. The molecule has 2 N–H and O–H groups in total. The van der Waals surface area contributed by atoms with Gasteiger partial charge in [0.2, 0.25) is 0 Å². The second-order valence-electron chi connectivity index (χ2n) is 5.88. The quantitative estimate of drug-likeness (QED) is 0.663. The van der Waals surface area contributed by atoms with Gasteiger partial charge in [0, 0.05) is 17.3 Å². The first-order chi connectivity index (χ1) is 13.1. The Bertz CT molecular complexity index is 963. The Morgan fingerprint density at radius 2 is 1.85 bits per heavy atom. The van der Waals surface area contributed by atoms with E-state index in [0.717, 1.165) is 29.2 Å². The zero-order valence-electron chi connectivity index (χ0n) is 14.4. The van der Waals surface area contributed by atoms with Gasteiger partial charge >= 0.3 is 0 Å². The normalized spacial score (nSPS) is 10.1. The second kappa shape index (κ2) is 8.84. The first-order valence-electron chi connectivity index (χ1n) is 8.40. The lowest BCUT2D eigenvalue weighted by Crippen LogP contribution is -2.14. The molecule has 0 bridgehead atoms. The highest BCUT2D eigenvalue weighted by Gasteiger charge is 2.07. The van der Waals surface area contributed by atoms with Crippen molar-refractivity contribution in [2.75, 3.05) is 17.2 Å². The van der Waals surface area contributed by atoms with Gasteiger partial charge in [0.25, 0.3) is 5.91 Å². The van der Waals surface area contributed by atoms with Gasteiger partial charge in [0.15, 0.2) is 0 Å². The maximum absolute atomic E-state index is 12.2. The van der Waals surface area contributed by atoms with Gasteiger partial charge in [0.05, 0.1) is 23.5 Å². The average molecular weight is 377 g/mol. The molecule has 0 spiro atoms. The Morgan fingerprint density at radius 3 is 2.52 bits per heavy atom. The van der Waals surface area contributed by atoms with E-state index in [1.54, 1.807) is 36.5 Å². The minimum atomic E-state index is -0.301. The molecule has 1 aromatic heterocycles. The lowest BCUT2D eigenvalue weighted by molar-refractivity contribution is 0.102. The smallest absolute Gasteiger partial charge is 0.274 e. The van der Waals surface area contributed by atoms with Gasteiger partial charge in [-0.25, -0.2) is 4.98 Å². The van der Waals surface area contributed by atoms with Crippen LogP contribution in [-0.2, 0) is 6.42 Å². The van der Waals surface area contributed by atoms with Gasteiger partial charge in [0.1, 0.15) is 5.69 Å². The molecule has 0 saturated carbocycles. The highest BCUT2D eigenvalue weighted by atomic mass is 35.5. The third-order valence-corrected chi connectivity index (χ3v) is 4.13. The van der Waals surface area contributed by atoms with Crippen molar-refractivity contribution in [3.05, 3.63) is 88.7 Å². The number of carbonyl (C=O) groups excluding carboxylic acids is 1. The standard InChI is InChI=1S/C21H17ClN4O/c22-17-3-1-2-15(12-17)10-11-24-19-8-9-20(25-14-19)21(27)26-18-6-4-16(13-23)5-7-18/h1-9,12,14,24H,10-11H2,(H,26,27). The number of halogens is 1. The molecule has 3 aromatic rings. The van der Waals surface area contributed by atoms with E-state index >= 15 is 0 Å². The Balaban J connectivity index is 1.53. The maximum Gasteiger partial charge on any atom is 0.274 e. The number of carbonyl (C=O) groups is 1. The van der Waals surface area contributed by atoms with E-state index in [1.165, 1.54) is 0 Å². The van der Waals surface area contributed by atoms with Crippen molar-refractivity contribution in [2.24, 2.45) is 0 Å². The fraction of sp³-hybridized carbons (Fsp3) is 0.0952. The summed E-state index contributed by atoms with van der Waals surface area (Å²) < 4.78 is 0. The van der Waals surface area contributed by atoms with E-state index in [2.05, 4.69) is 15.6 Å². The molecule has 0 aliphatic heterocycles. The van der Waals surface area contributed by atoms with Gasteiger partial charge in [-0.3, -0.25) is 4.79 Å². The van der Waals surface area contributed by atoms with E-state index in [4.69, 9.17) is 16.9 Å². The Hall–Kier alpha value is -3.36. The van der Waals surface area contributed by atoms with Crippen LogP contribution in [0.5, 0.6) is 0 Å². The highest BCUT2D eigenvalue weighted by molar-refractivity contribution is 6.30. The Morgan fingerprint density at radius 1 is 1.07 bits per heavy atom. The number of hydrogen-bond acceptors (Lipinski definition) is 4. The largest absolute Gasteiger partial charge is 0.383 e. The minimum Gasteiger partial charge on any atom is -0.383 e. The van der Waals surface area contributed by atoms with E-state index in [9.17, 15) is 4.79 Å². The molecule has 27 heavy (non-hydrogen) atoms. The number of pyridine rings is 1. The molecule has 3 rings (SSSR count). The first kappa shape index (κ1) is 18.4. The topological polar surface area (TPSA) is 77.8 Å². The van der Waals surface area contributed by atoms with Crippen molar-refractivity contribution in [2.45, 2.75) is 6.42 Å². The molecular formula is C21H17ClN4O. The number of nitrogens with zero attached hydrogens (tertiary/aromatic N) is 2. The Labute approximate surface area is 162 Å². The van der Waals surface area contributed by atoms with Crippen LogP contribution in [0.1, 0.15) is 21.6 Å². The van der Waals surface area contributed by atoms with E-state index < -0.39 is 0 Å². The molecule has 0 atom stereocenters. The summed E-state index contributed by atoms with van der Waals surface area (Å²) >= 11 is 5.98. The molecule has 0 aliphatic carbocycles. The number of aromatic nitrogens is 1. The highest BCUT2D eigenvalue weighted by Crippen LogP contribution is 2.13. The SMILES string of the molecule is N#Cc1ccc(NC(=O)c2ccc(NCCc3cccc(Cl)c3)cn2)cc1. The van der Waals surface area contributed by atoms with Gasteiger partial charge in [-0.2, -0.15) is 5.26 Å². The number of benzene rings is 2. The van der Waals surface area contributed by atoms with Crippen LogP contribution in [0, 0.1) is 11.3 Å². The predicted molar refractivity (Wildman–Crippen MR) is 107 cm³/mol. The van der Waals surface area contributed by atoms with Gasteiger partial charge < -0.3 is 10.6 Å². The third-order valence-electron chi connectivity index (χ3n) is 3.90. The summed E-state index contributed by atoms with van der Waals surface area (Å²) in [6, 6.07) is 19.9. The summed E-state index contributed by atoms with van der Waals surface area (Å²) in [5.74, 6) is -0.301. The average Bonchev–Trinajstić information content (AvgIpc) is 2.69. The van der Waals surface area contributed by atoms with Crippen molar-refractivity contribution < 1.29 is 4.79 Å². The van der Waals surface area contributed by atoms with Crippen LogP contribution in [-0.4, -0.2) is 17.4 Å². The number of hydrogen-bond donors (Lipinski definition) is 2. The van der Waals surface area contributed by atoms with Gasteiger partial charge in [-0.05, 0) is 60.5 Å². The molecule has 1 heterocycles. The van der Waals surface area contributed by atoms with Crippen LogP contribution in [0.2, 0.25) is 5.02 Å². The van der Waals surface area contributed by atoms with Crippen LogP contribution < -0.4 is 10.6 Å². The number of nitriles is 1. The van der Waals surface area contributed by atoms with Crippen LogP contribution in [0.4, 0.5) is 11.4 Å². The van der Waals surface area contributed by atoms with E-state index in [0.29, 0.717) is 16.9 Å². The molecule has 0 aliphatic rings. The van der Waals surface area contributed by atoms with Crippen molar-refractivity contribution in [3.8, 4) is 6.07 Å². The van der Waals surface area contributed by atoms with E-state index in [1.807, 2.05) is 36.4 Å². The summed E-state index contributed by atoms with van der Waals surface area (Å²) in [6.07, 6.45) is 2.47. The van der Waals surface area contributed by atoms with Crippen LogP contribution in [0.15, 0.2) is 66.9 Å². The number of rotatable bonds is 6. The number of anilines is 2. The molecule has 6 heteroatoms. The lowest BCUT2D eigenvalue weighted by atomic mass is 10.1. The summed E-state index contributed by atoms with van der Waals surface area (Å²) in [5, 5.41) is 15.6. The van der Waals surface area contributed by atoms with Crippen LogP contribution in [0.3, 0.4) is 0 Å². The van der Waals surface area contributed by atoms with Crippen LogP contribution in [0.25, 0.3) is 0 Å². The molecule has 5 nitrogen and oxygen atoms in total. The zero-order valence-corrected chi connectivity index (χ0v) is 15.2. The molecular weight excluding hydrogens is 360 g/mol. The Kier molecular flexibility index (Phi) is 6.03. The van der Waals surface area contributed by atoms with Crippen LogP contribution >= 0.6 is 11.6 Å². The maximum atomic E-state index is 12.2. The minimum absolute atomic E-state index is 0.301. The monoisotopic (exact) mass is 376 g/mol. The molecule has 0 radical (unpaired) electrons. The first-order valence-corrected chi connectivity index (χ1v) is 8.78. The molecule has 0 saturated heterocycles. The summed E-state index contributed by atoms with van der Waals surface area (Å²) in [6.45, 7) is 0.735. The predicted octanol–water partition coefficient (Wildman–Crippen LogP) is 4.51. The van der Waals surface area contributed by atoms with Gasteiger partial charge in [-0.1, -0.05) is 23.7 Å². The fourth-order valence-electron chi connectivity index (χ4n) is 2.50. The van der Waals surface area contributed by atoms with Crippen molar-refractivity contribution in [3.63, 3.8) is 0 Å². The molecule has 0 fully saturated rings. The summed E-state index contributed by atoms with van der Waals surface area (Å²) in [4.78, 5) is 16.4. The van der Waals surface area contributed by atoms with Crippen molar-refractivity contribution in [1.29, 1.82) is 5.26 Å². The fourth-order valence-corrected chi connectivity index (χ4v) is 2.71. The summed E-state index contributed by atoms with van der Waals surface area (Å²) in [7, 11) is 0. The number of amides is 1. The molecule has 0 unspecified atom stereocenters. The molecule has 2 aromatic carbocycles. The summed E-state index contributed by atoms with van der Waals surface area (Å²) in [5.41, 5.74) is 3.47. The lowest BCUT2D eigenvalue weighted by Gasteiger charge is -2.08. The third kappa shape index (κ3) is 5.30. The van der Waals surface area contributed by atoms with Gasteiger partial charge in [-0.15, -0.1) is 0 Å². The number of nitrogens with one attached hydrogen (secondary N) is 2. The van der Waals surface area contributed by atoms with E-state index in [-0.39, 0.29) is 5.91 Å². The second-order valence-corrected chi connectivity index (χ2v) is 6.32.